The van der Waals surface area contributed by atoms with E-state index in [1.54, 1.807) is 23.1 Å². The molecule has 3 heterocycles. The Balaban J connectivity index is 1.54. The lowest BCUT2D eigenvalue weighted by molar-refractivity contribution is 0.0713. The third-order valence-electron chi connectivity index (χ3n) is 5.32. The maximum absolute atomic E-state index is 12.6. The van der Waals surface area contributed by atoms with Gasteiger partial charge in [-0.25, -0.2) is 4.98 Å². The Morgan fingerprint density at radius 3 is 2.79 bits per heavy atom. The van der Waals surface area contributed by atoms with Crippen molar-refractivity contribution >= 4 is 23.5 Å². The minimum Gasteiger partial charge on any atom is -0.459 e. The topological polar surface area (TPSA) is 91.6 Å². The molecule has 1 N–H and O–H groups in total. The largest absolute Gasteiger partial charge is 0.459 e. The van der Waals surface area contributed by atoms with Crippen molar-refractivity contribution in [2.24, 2.45) is 5.92 Å². The lowest BCUT2D eigenvalue weighted by Crippen LogP contribution is -2.49. The van der Waals surface area contributed by atoms with Crippen LogP contribution in [0, 0.1) is 5.92 Å². The van der Waals surface area contributed by atoms with Crippen molar-refractivity contribution in [2.75, 3.05) is 42.9 Å². The summed E-state index contributed by atoms with van der Waals surface area (Å²) in [6, 6.07) is 3.39. The summed E-state index contributed by atoms with van der Waals surface area (Å²) in [5, 5.41) is 3.20. The maximum atomic E-state index is 12.6. The van der Waals surface area contributed by atoms with Crippen molar-refractivity contribution in [2.45, 2.75) is 19.8 Å². The van der Waals surface area contributed by atoms with Gasteiger partial charge in [0.05, 0.1) is 17.5 Å². The second-order valence-electron chi connectivity index (χ2n) is 7.56. The number of hydrogen-bond acceptors (Lipinski definition) is 7. The highest BCUT2D eigenvalue weighted by Gasteiger charge is 2.30. The molecule has 0 aromatic carbocycles. The molecule has 1 amide bonds. The molecule has 1 unspecified atom stereocenters. The molecule has 0 saturated carbocycles. The Morgan fingerprint density at radius 2 is 2.10 bits per heavy atom. The molecule has 2 aromatic rings. The van der Waals surface area contributed by atoms with Gasteiger partial charge >= 0.3 is 0 Å². The molecule has 0 bridgehead atoms. The summed E-state index contributed by atoms with van der Waals surface area (Å²) in [6.45, 7) is 8.69. The summed E-state index contributed by atoms with van der Waals surface area (Å²) in [5.74, 6) is 1.79. The molecule has 2 aliphatic rings. The smallest absolute Gasteiger partial charge is 0.289 e. The van der Waals surface area contributed by atoms with Crippen molar-refractivity contribution < 1.29 is 14.0 Å². The maximum Gasteiger partial charge on any atom is 0.289 e. The zero-order valence-electron chi connectivity index (χ0n) is 16.6. The molecule has 1 fully saturated rings. The van der Waals surface area contributed by atoms with E-state index in [1.807, 2.05) is 0 Å². The molecule has 152 valence electrons. The molecule has 2 aromatic heterocycles. The highest BCUT2D eigenvalue weighted by Crippen LogP contribution is 2.30. The first-order valence-electron chi connectivity index (χ1n) is 9.93. The Labute approximate surface area is 169 Å². The van der Waals surface area contributed by atoms with Crippen LogP contribution in [-0.4, -0.2) is 59.3 Å². The monoisotopic (exact) mass is 395 g/mol. The highest BCUT2D eigenvalue weighted by atomic mass is 16.3. The molecule has 1 atom stereocenters. The molecule has 1 aliphatic carbocycles. The Hall–Kier alpha value is -3.16. The lowest BCUT2D eigenvalue weighted by atomic mass is 9.87. The standard InChI is InChI=1S/C21H25N5O3/c1-3-6-22-19-18-15(12-14(2)13-16(18)27)23-21(24-19)26-9-7-25(8-10-26)20(28)17-5-4-11-29-17/h3-5,11,14H,1,6-10,12-13H2,2H3,(H,22,23,24). The number of amides is 1. The summed E-state index contributed by atoms with van der Waals surface area (Å²) in [5.41, 5.74) is 1.42. The Kier molecular flexibility index (Phi) is 5.33. The fourth-order valence-corrected chi connectivity index (χ4v) is 3.86. The Morgan fingerprint density at radius 1 is 1.31 bits per heavy atom. The third-order valence-corrected chi connectivity index (χ3v) is 5.32. The number of Topliss-reactive ketones (excluding diaryl/α,β-unsaturated/α-hetero) is 1. The minimum atomic E-state index is -0.103. The molecular weight excluding hydrogens is 370 g/mol. The van der Waals surface area contributed by atoms with Gasteiger partial charge < -0.3 is 19.5 Å². The fraction of sp³-hybridized carbons (Fsp3) is 0.429. The molecule has 1 aliphatic heterocycles. The first-order chi connectivity index (χ1) is 14.1. The SMILES string of the molecule is C=CCNc1nc(N2CCN(C(=O)c3ccco3)CC2)nc2c1C(=O)CC(C)C2. The first kappa shape index (κ1) is 19.2. The molecule has 0 spiro atoms. The number of rotatable bonds is 5. The van der Waals surface area contributed by atoms with Crippen LogP contribution < -0.4 is 10.2 Å². The number of ketones is 1. The number of piperazine rings is 1. The van der Waals surface area contributed by atoms with E-state index in [4.69, 9.17) is 9.40 Å². The summed E-state index contributed by atoms with van der Waals surface area (Å²) >= 11 is 0. The van der Waals surface area contributed by atoms with E-state index >= 15 is 0 Å². The Bertz CT molecular complexity index is 917. The number of aromatic nitrogens is 2. The first-order valence-corrected chi connectivity index (χ1v) is 9.93. The zero-order chi connectivity index (χ0) is 20.4. The van der Waals surface area contributed by atoms with Crippen LogP contribution in [0.25, 0.3) is 0 Å². The van der Waals surface area contributed by atoms with Gasteiger partial charge in [0.15, 0.2) is 11.5 Å². The van der Waals surface area contributed by atoms with Crippen LogP contribution in [0.3, 0.4) is 0 Å². The van der Waals surface area contributed by atoms with Crippen molar-refractivity contribution in [1.82, 2.24) is 14.9 Å². The van der Waals surface area contributed by atoms with Gasteiger partial charge in [-0.3, -0.25) is 9.59 Å². The fourth-order valence-electron chi connectivity index (χ4n) is 3.86. The van der Waals surface area contributed by atoms with Gasteiger partial charge in [-0.2, -0.15) is 4.98 Å². The summed E-state index contributed by atoms with van der Waals surface area (Å²) in [4.78, 5) is 38.3. The number of anilines is 2. The van der Waals surface area contributed by atoms with Crippen LogP contribution in [0.4, 0.5) is 11.8 Å². The molecule has 1 saturated heterocycles. The van der Waals surface area contributed by atoms with Crippen LogP contribution in [0.1, 0.15) is 40.0 Å². The van der Waals surface area contributed by atoms with Gasteiger partial charge in [0.25, 0.3) is 5.91 Å². The van der Waals surface area contributed by atoms with Gasteiger partial charge in [0, 0.05) is 39.1 Å². The zero-order valence-corrected chi connectivity index (χ0v) is 16.6. The molecule has 8 nitrogen and oxygen atoms in total. The molecule has 0 radical (unpaired) electrons. The van der Waals surface area contributed by atoms with E-state index in [1.165, 1.54) is 6.26 Å². The summed E-state index contributed by atoms with van der Waals surface area (Å²) in [7, 11) is 0. The number of nitrogens with one attached hydrogen (secondary N) is 1. The normalized spacial score (nSPS) is 19.1. The van der Waals surface area contributed by atoms with Crippen molar-refractivity contribution in [3.8, 4) is 0 Å². The number of furan rings is 1. The van der Waals surface area contributed by atoms with E-state index in [-0.39, 0.29) is 17.6 Å². The minimum absolute atomic E-state index is 0.0886. The molecule has 4 rings (SSSR count). The van der Waals surface area contributed by atoms with E-state index in [9.17, 15) is 9.59 Å². The second-order valence-corrected chi connectivity index (χ2v) is 7.56. The number of fused-ring (bicyclic) bond motifs is 1. The number of carbonyl (C=O) groups excluding carboxylic acids is 2. The van der Waals surface area contributed by atoms with Crippen LogP contribution in [0.15, 0.2) is 35.5 Å². The van der Waals surface area contributed by atoms with Gasteiger partial charge in [0.1, 0.15) is 5.82 Å². The van der Waals surface area contributed by atoms with Crippen molar-refractivity contribution in [3.63, 3.8) is 0 Å². The average Bonchev–Trinajstić information content (AvgIpc) is 3.25. The summed E-state index contributed by atoms with van der Waals surface area (Å²) < 4.78 is 5.22. The molecule has 8 heteroatoms. The van der Waals surface area contributed by atoms with Gasteiger partial charge in [-0.05, 0) is 24.5 Å². The second kappa shape index (κ2) is 8.06. The van der Waals surface area contributed by atoms with Crippen LogP contribution in [0.2, 0.25) is 0 Å². The molecule has 29 heavy (non-hydrogen) atoms. The van der Waals surface area contributed by atoms with E-state index in [2.05, 4.69) is 28.7 Å². The van der Waals surface area contributed by atoms with Crippen LogP contribution in [-0.2, 0) is 6.42 Å². The summed E-state index contributed by atoms with van der Waals surface area (Å²) in [6.07, 6.45) is 4.52. The van der Waals surface area contributed by atoms with Crippen LogP contribution >= 0.6 is 0 Å². The van der Waals surface area contributed by atoms with Gasteiger partial charge in [-0.15, -0.1) is 6.58 Å². The highest BCUT2D eigenvalue weighted by molar-refractivity contribution is 6.02. The van der Waals surface area contributed by atoms with Crippen molar-refractivity contribution in [3.05, 3.63) is 48.1 Å². The third kappa shape index (κ3) is 3.87. The van der Waals surface area contributed by atoms with Crippen molar-refractivity contribution in [1.29, 1.82) is 0 Å². The average molecular weight is 395 g/mol. The van der Waals surface area contributed by atoms with E-state index < -0.39 is 0 Å². The number of hydrogen-bond donors (Lipinski definition) is 1. The predicted molar refractivity (Wildman–Crippen MR) is 109 cm³/mol. The van der Waals surface area contributed by atoms with Crippen LogP contribution in [0.5, 0.6) is 0 Å². The number of nitrogens with zero attached hydrogens (tertiary/aromatic N) is 4. The molecular formula is C21H25N5O3. The van der Waals surface area contributed by atoms with Gasteiger partial charge in [-0.1, -0.05) is 13.0 Å². The van der Waals surface area contributed by atoms with E-state index in [0.717, 1.165) is 12.1 Å². The number of carbonyl (C=O) groups is 2. The predicted octanol–water partition coefficient (Wildman–Crippen LogP) is 2.39. The quantitative estimate of drug-likeness (QED) is 0.777. The van der Waals surface area contributed by atoms with E-state index in [0.29, 0.717) is 62.2 Å². The van der Waals surface area contributed by atoms with Gasteiger partial charge in [0.2, 0.25) is 5.95 Å². The lowest BCUT2D eigenvalue weighted by Gasteiger charge is -2.35.